The number of aryl methyl sites for hydroxylation is 1. The van der Waals surface area contributed by atoms with Crippen LogP contribution in [-0.2, 0) is 0 Å². The number of carboxylic acids is 1. The highest BCUT2D eigenvalue weighted by Gasteiger charge is 2.25. The number of aromatic carboxylic acids is 1. The van der Waals surface area contributed by atoms with Crippen molar-refractivity contribution in [3.63, 3.8) is 0 Å². The van der Waals surface area contributed by atoms with Crippen molar-refractivity contribution >= 4 is 23.0 Å². The van der Waals surface area contributed by atoms with Crippen molar-refractivity contribution in [1.29, 1.82) is 0 Å². The zero-order valence-electron chi connectivity index (χ0n) is 11.8. The third-order valence-electron chi connectivity index (χ3n) is 3.25. The van der Waals surface area contributed by atoms with Crippen LogP contribution >= 0.6 is 11.3 Å². The third-order valence-corrected chi connectivity index (χ3v) is 4.49. The van der Waals surface area contributed by atoms with Gasteiger partial charge in [0.15, 0.2) is 0 Å². The van der Waals surface area contributed by atoms with E-state index >= 15 is 0 Å². The Morgan fingerprint density at radius 1 is 1.29 bits per heavy atom. The van der Waals surface area contributed by atoms with E-state index in [9.17, 15) is 18.7 Å². The first kappa shape index (κ1) is 15.4. The van der Waals surface area contributed by atoms with Crippen molar-refractivity contribution in [2.45, 2.75) is 26.7 Å². The quantitative estimate of drug-likeness (QED) is 0.882. The van der Waals surface area contributed by atoms with Crippen LogP contribution in [0.2, 0.25) is 0 Å². The van der Waals surface area contributed by atoms with Crippen LogP contribution in [0.4, 0.5) is 14.5 Å². The molecule has 1 aromatic carbocycles. The van der Waals surface area contributed by atoms with E-state index < -0.39 is 17.6 Å². The molecular formula is C15H15F2NO2S. The molecular weight excluding hydrogens is 296 g/mol. The summed E-state index contributed by atoms with van der Waals surface area (Å²) in [5, 5.41) is 9.18. The Morgan fingerprint density at radius 2 is 1.90 bits per heavy atom. The lowest BCUT2D eigenvalue weighted by Gasteiger charge is -2.10. The van der Waals surface area contributed by atoms with Gasteiger partial charge in [0.2, 0.25) is 0 Å². The predicted molar refractivity (Wildman–Crippen MR) is 79.9 cm³/mol. The summed E-state index contributed by atoms with van der Waals surface area (Å²) in [5.41, 5.74) is 7.11. The van der Waals surface area contributed by atoms with Crippen molar-refractivity contribution in [1.82, 2.24) is 0 Å². The highest BCUT2D eigenvalue weighted by atomic mass is 32.1. The summed E-state index contributed by atoms with van der Waals surface area (Å²) in [4.78, 5) is 11.7. The molecule has 0 aliphatic rings. The van der Waals surface area contributed by atoms with Gasteiger partial charge in [0.05, 0.1) is 5.69 Å². The monoisotopic (exact) mass is 311 g/mol. The molecule has 0 atom stereocenters. The van der Waals surface area contributed by atoms with Crippen LogP contribution in [0, 0.1) is 18.6 Å². The van der Waals surface area contributed by atoms with Crippen molar-refractivity contribution in [3.8, 4) is 10.4 Å². The van der Waals surface area contributed by atoms with Gasteiger partial charge in [0.1, 0.15) is 16.5 Å². The second-order valence-electron chi connectivity index (χ2n) is 5.13. The Balaban J connectivity index is 2.77. The highest BCUT2D eigenvalue weighted by Crippen LogP contribution is 2.43. The number of nitrogen functional groups attached to an aromatic ring is 1. The Hall–Kier alpha value is -1.95. The maximum atomic E-state index is 14.1. The van der Waals surface area contributed by atoms with Crippen molar-refractivity contribution in [2.24, 2.45) is 0 Å². The number of benzene rings is 1. The topological polar surface area (TPSA) is 63.3 Å². The zero-order chi connectivity index (χ0) is 15.9. The average Bonchev–Trinajstić information content (AvgIpc) is 2.71. The van der Waals surface area contributed by atoms with E-state index in [4.69, 9.17) is 5.73 Å². The molecule has 1 aromatic heterocycles. The minimum atomic E-state index is -1.15. The highest BCUT2D eigenvalue weighted by molar-refractivity contribution is 7.18. The standard InChI is InChI=1S/C15H15F2NO2S/c1-6(2)11-12(18)14(15(19)20)21-13(11)8-4-7(3)9(16)5-10(8)17/h4-6H,18H2,1-3H3,(H,19,20). The fourth-order valence-electron chi connectivity index (χ4n) is 2.22. The van der Waals surface area contributed by atoms with E-state index in [1.54, 1.807) is 0 Å². The first-order chi connectivity index (χ1) is 9.73. The molecule has 0 spiro atoms. The van der Waals surface area contributed by atoms with E-state index in [1.165, 1.54) is 13.0 Å². The molecule has 21 heavy (non-hydrogen) atoms. The minimum Gasteiger partial charge on any atom is -0.477 e. The second kappa shape index (κ2) is 5.44. The summed E-state index contributed by atoms with van der Waals surface area (Å²) >= 11 is 0.917. The van der Waals surface area contributed by atoms with Crippen molar-refractivity contribution < 1.29 is 18.7 Å². The van der Waals surface area contributed by atoms with Crippen LogP contribution in [0.1, 0.15) is 40.6 Å². The normalized spacial score (nSPS) is 11.1. The molecule has 6 heteroatoms. The smallest absolute Gasteiger partial charge is 0.348 e. The number of carboxylic acid groups (broad SMARTS) is 1. The lowest BCUT2D eigenvalue weighted by molar-refractivity contribution is 0.0703. The fourth-order valence-corrected chi connectivity index (χ4v) is 3.45. The van der Waals surface area contributed by atoms with Gasteiger partial charge < -0.3 is 10.8 Å². The van der Waals surface area contributed by atoms with Crippen LogP contribution in [0.25, 0.3) is 10.4 Å². The number of carbonyl (C=O) groups is 1. The average molecular weight is 311 g/mol. The molecule has 0 unspecified atom stereocenters. The molecule has 0 bridgehead atoms. The Labute approximate surface area is 125 Å². The number of rotatable bonds is 3. The summed E-state index contributed by atoms with van der Waals surface area (Å²) in [6, 6.07) is 2.19. The molecule has 112 valence electrons. The lowest BCUT2D eigenvalue weighted by atomic mass is 9.97. The van der Waals surface area contributed by atoms with Crippen LogP contribution < -0.4 is 5.73 Å². The van der Waals surface area contributed by atoms with Gasteiger partial charge in [-0.3, -0.25) is 0 Å². The fraction of sp³-hybridized carbons (Fsp3) is 0.267. The van der Waals surface area contributed by atoms with Crippen molar-refractivity contribution in [3.05, 3.63) is 39.8 Å². The number of anilines is 1. The van der Waals surface area contributed by atoms with Gasteiger partial charge in [-0.15, -0.1) is 11.3 Å². The number of hydrogen-bond donors (Lipinski definition) is 2. The van der Waals surface area contributed by atoms with E-state index in [0.29, 0.717) is 16.0 Å². The molecule has 0 saturated carbocycles. The lowest BCUT2D eigenvalue weighted by Crippen LogP contribution is -2.01. The van der Waals surface area contributed by atoms with Gasteiger partial charge in [-0.1, -0.05) is 13.8 Å². The minimum absolute atomic E-state index is 0.0184. The number of nitrogens with two attached hydrogens (primary N) is 1. The van der Waals surface area contributed by atoms with E-state index in [1.807, 2.05) is 13.8 Å². The van der Waals surface area contributed by atoms with Crippen LogP contribution in [0.3, 0.4) is 0 Å². The van der Waals surface area contributed by atoms with E-state index in [-0.39, 0.29) is 22.0 Å². The molecule has 2 aromatic rings. The summed E-state index contributed by atoms with van der Waals surface area (Å²) in [7, 11) is 0. The molecule has 0 saturated heterocycles. The third kappa shape index (κ3) is 2.63. The van der Waals surface area contributed by atoms with E-state index in [0.717, 1.165) is 17.4 Å². The summed E-state index contributed by atoms with van der Waals surface area (Å²) < 4.78 is 27.5. The summed E-state index contributed by atoms with van der Waals surface area (Å²) in [5.74, 6) is -2.58. The largest absolute Gasteiger partial charge is 0.477 e. The van der Waals surface area contributed by atoms with Gasteiger partial charge in [0.25, 0.3) is 0 Å². The van der Waals surface area contributed by atoms with Gasteiger partial charge in [-0.25, -0.2) is 13.6 Å². The number of halogens is 2. The molecule has 0 fully saturated rings. The molecule has 0 radical (unpaired) electrons. The number of thiophene rings is 1. The van der Waals surface area contributed by atoms with Gasteiger partial charge in [-0.05, 0) is 30.0 Å². The first-order valence-electron chi connectivity index (χ1n) is 6.35. The molecule has 1 heterocycles. The van der Waals surface area contributed by atoms with Crippen LogP contribution in [0.5, 0.6) is 0 Å². The Morgan fingerprint density at radius 3 is 2.43 bits per heavy atom. The molecule has 3 nitrogen and oxygen atoms in total. The maximum Gasteiger partial charge on any atom is 0.348 e. The van der Waals surface area contributed by atoms with Gasteiger partial charge in [0, 0.05) is 16.5 Å². The van der Waals surface area contributed by atoms with Crippen LogP contribution in [-0.4, -0.2) is 11.1 Å². The summed E-state index contributed by atoms with van der Waals surface area (Å²) in [6.07, 6.45) is 0. The SMILES string of the molecule is Cc1cc(-c2sc(C(=O)O)c(N)c2C(C)C)c(F)cc1F. The second-order valence-corrected chi connectivity index (χ2v) is 6.15. The van der Waals surface area contributed by atoms with E-state index in [2.05, 4.69) is 0 Å². The number of hydrogen-bond acceptors (Lipinski definition) is 3. The first-order valence-corrected chi connectivity index (χ1v) is 7.17. The van der Waals surface area contributed by atoms with Gasteiger partial charge >= 0.3 is 5.97 Å². The predicted octanol–water partition coefficient (Wildman–Crippen LogP) is 4.41. The molecule has 0 aliphatic heterocycles. The Kier molecular flexibility index (Phi) is 4.00. The van der Waals surface area contributed by atoms with Crippen LogP contribution in [0.15, 0.2) is 12.1 Å². The maximum absolute atomic E-state index is 14.1. The van der Waals surface area contributed by atoms with Gasteiger partial charge in [-0.2, -0.15) is 0 Å². The molecule has 0 amide bonds. The molecule has 2 rings (SSSR count). The van der Waals surface area contributed by atoms with Crippen molar-refractivity contribution in [2.75, 3.05) is 5.73 Å². The summed E-state index contributed by atoms with van der Waals surface area (Å²) in [6.45, 7) is 5.23. The zero-order valence-corrected chi connectivity index (χ0v) is 12.6. The molecule has 0 aliphatic carbocycles. The molecule has 3 N–H and O–H groups in total. The Bertz CT molecular complexity index is 723.